The van der Waals surface area contributed by atoms with Crippen molar-refractivity contribution in [1.82, 2.24) is 15.1 Å². The molecule has 2 aliphatic rings. The van der Waals surface area contributed by atoms with Crippen LogP contribution in [0.2, 0.25) is 0 Å². The summed E-state index contributed by atoms with van der Waals surface area (Å²) in [7, 11) is 0. The van der Waals surface area contributed by atoms with Gasteiger partial charge in [-0.2, -0.15) is 0 Å². The molecule has 108 valence electrons. The molecule has 0 saturated carbocycles. The highest BCUT2D eigenvalue weighted by Gasteiger charge is 2.18. The average molecular weight is 269 g/mol. The number of ether oxygens (including phenoxy) is 1. The highest BCUT2D eigenvalue weighted by Crippen LogP contribution is 2.10. The fourth-order valence-corrected chi connectivity index (χ4v) is 2.47. The molecule has 2 amide bonds. The van der Waals surface area contributed by atoms with Gasteiger partial charge in [0, 0.05) is 52.3 Å². The number of rotatable bonds is 6. The molecule has 2 aliphatic heterocycles. The van der Waals surface area contributed by atoms with Gasteiger partial charge in [0.15, 0.2) is 0 Å². The summed E-state index contributed by atoms with van der Waals surface area (Å²) in [6.07, 6.45) is 3.77. The molecule has 0 bridgehead atoms. The maximum Gasteiger partial charge on any atom is 0.221 e. The summed E-state index contributed by atoms with van der Waals surface area (Å²) >= 11 is 0. The monoisotopic (exact) mass is 269 g/mol. The second-order valence-corrected chi connectivity index (χ2v) is 5.17. The van der Waals surface area contributed by atoms with Crippen molar-refractivity contribution in [2.24, 2.45) is 0 Å². The zero-order valence-corrected chi connectivity index (χ0v) is 11.3. The van der Waals surface area contributed by atoms with Crippen molar-refractivity contribution < 1.29 is 14.3 Å². The summed E-state index contributed by atoms with van der Waals surface area (Å²) in [6, 6.07) is 0. The van der Waals surface area contributed by atoms with E-state index >= 15 is 0 Å². The third kappa shape index (κ3) is 4.80. The molecule has 0 spiro atoms. The zero-order valence-electron chi connectivity index (χ0n) is 11.3. The van der Waals surface area contributed by atoms with Gasteiger partial charge < -0.3 is 15.0 Å². The second-order valence-electron chi connectivity index (χ2n) is 5.17. The Morgan fingerprint density at radius 3 is 2.74 bits per heavy atom. The number of nitrogens with one attached hydrogen (secondary N) is 1. The SMILES string of the molecule is O=CN1CCN(CCC(=O)NCC2CCCO2)CC1. The van der Waals surface area contributed by atoms with Crippen molar-refractivity contribution in [3.63, 3.8) is 0 Å². The minimum Gasteiger partial charge on any atom is -0.376 e. The van der Waals surface area contributed by atoms with Crippen molar-refractivity contribution in [2.45, 2.75) is 25.4 Å². The zero-order chi connectivity index (χ0) is 13.5. The van der Waals surface area contributed by atoms with E-state index in [4.69, 9.17) is 4.74 Å². The molecular weight excluding hydrogens is 246 g/mol. The molecular formula is C13H23N3O3. The summed E-state index contributed by atoms with van der Waals surface area (Å²) in [5.74, 6) is 0.0910. The topological polar surface area (TPSA) is 61.9 Å². The first-order valence-electron chi connectivity index (χ1n) is 7.08. The lowest BCUT2D eigenvalue weighted by Gasteiger charge is -2.32. The molecule has 0 aliphatic carbocycles. The molecule has 0 aromatic rings. The van der Waals surface area contributed by atoms with Crippen LogP contribution >= 0.6 is 0 Å². The Morgan fingerprint density at radius 1 is 1.32 bits per heavy atom. The molecule has 19 heavy (non-hydrogen) atoms. The minimum atomic E-state index is 0.0910. The molecule has 1 atom stereocenters. The predicted molar refractivity (Wildman–Crippen MR) is 70.7 cm³/mol. The minimum absolute atomic E-state index is 0.0910. The van der Waals surface area contributed by atoms with Gasteiger partial charge in [-0.05, 0) is 12.8 Å². The fraction of sp³-hybridized carbons (Fsp3) is 0.846. The van der Waals surface area contributed by atoms with E-state index in [0.717, 1.165) is 58.6 Å². The number of amides is 2. The Labute approximate surface area is 114 Å². The summed E-state index contributed by atoms with van der Waals surface area (Å²) in [5, 5.41) is 2.93. The average Bonchev–Trinajstić information content (AvgIpc) is 2.96. The van der Waals surface area contributed by atoms with E-state index in [2.05, 4.69) is 10.2 Å². The van der Waals surface area contributed by atoms with Crippen molar-refractivity contribution in [2.75, 3.05) is 45.9 Å². The summed E-state index contributed by atoms with van der Waals surface area (Å²) in [4.78, 5) is 26.3. The van der Waals surface area contributed by atoms with Crippen LogP contribution in [0.1, 0.15) is 19.3 Å². The van der Waals surface area contributed by atoms with Crippen LogP contribution in [0.5, 0.6) is 0 Å². The molecule has 2 saturated heterocycles. The van der Waals surface area contributed by atoms with E-state index in [-0.39, 0.29) is 12.0 Å². The molecule has 6 nitrogen and oxygen atoms in total. The second kappa shape index (κ2) is 7.45. The lowest BCUT2D eigenvalue weighted by atomic mass is 10.2. The first-order valence-corrected chi connectivity index (χ1v) is 7.08. The van der Waals surface area contributed by atoms with Crippen molar-refractivity contribution in [1.29, 1.82) is 0 Å². The Bertz CT molecular complexity index is 298. The van der Waals surface area contributed by atoms with E-state index in [0.29, 0.717) is 13.0 Å². The molecule has 6 heteroatoms. The highest BCUT2D eigenvalue weighted by molar-refractivity contribution is 5.76. The fourth-order valence-electron chi connectivity index (χ4n) is 2.47. The molecule has 2 rings (SSSR count). The van der Waals surface area contributed by atoms with Crippen molar-refractivity contribution in [3.05, 3.63) is 0 Å². The van der Waals surface area contributed by atoms with Crippen LogP contribution in [0.3, 0.4) is 0 Å². The van der Waals surface area contributed by atoms with E-state index in [1.54, 1.807) is 4.90 Å². The van der Waals surface area contributed by atoms with E-state index in [9.17, 15) is 9.59 Å². The van der Waals surface area contributed by atoms with Crippen LogP contribution in [0.15, 0.2) is 0 Å². The van der Waals surface area contributed by atoms with Crippen molar-refractivity contribution >= 4 is 12.3 Å². The van der Waals surface area contributed by atoms with Crippen LogP contribution in [0.25, 0.3) is 0 Å². The van der Waals surface area contributed by atoms with E-state index in [1.165, 1.54) is 0 Å². The number of piperazine rings is 1. The van der Waals surface area contributed by atoms with E-state index < -0.39 is 0 Å². The highest BCUT2D eigenvalue weighted by atomic mass is 16.5. The number of nitrogens with zero attached hydrogens (tertiary/aromatic N) is 2. The maximum atomic E-state index is 11.7. The van der Waals surface area contributed by atoms with Crippen LogP contribution in [-0.4, -0.2) is 74.1 Å². The number of hydrogen-bond donors (Lipinski definition) is 1. The lowest BCUT2D eigenvalue weighted by molar-refractivity contribution is -0.123. The molecule has 0 aromatic carbocycles. The number of carbonyl (C=O) groups is 2. The van der Waals surface area contributed by atoms with Gasteiger partial charge in [0.1, 0.15) is 0 Å². The van der Waals surface area contributed by atoms with E-state index in [1.807, 2.05) is 0 Å². The molecule has 1 N–H and O–H groups in total. The normalized spacial score (nSPS) is 24.4. The van der Waals surface area contributed by atoms with Gasteiger partial charge in [-0.15, -0.1) is 0 Å². The van der Waals surface area contributed by atoms with Crippen molar-refractivity contribution in [3.8, 4) is 0 Å². The van der Waals surface area contributed by atoms with Gasteiger partial charge in [-0.3, -0.25) is 14.5 Å². The van der Waals surface area contributed by atoms with Gasteiger partial charge in [0.2, 0.25) is 12.3 Å². The largest absolute Gasteiger partial charge is 0.376 e. The first-order chi connectivity index (χ1) is 9.28. The van der Waals surface area contributed by atoms with Crippen LogP contribution in [0, 0.1) is 0 Å². The van der Waals surface area contributed by atoms with Gasteiger partial charge in [-0.1, -0.05) is 0 Å². The van der Waals surface area contributed by atoms with Gasteiger partial charge >= 0.3 is 0 Å². The summed E-state index contributed by atoms with van der Waals surface area (Å²) in [5.41, 5.74) is 0. The Kier molecular flexibility index (Phi) is 5.60. The third-order valence-corrected chi connectivity index (χ3v) is 3.76. The Morgan fingerprint density at radius 2 is 2.11 bits per heavy atom. The maximum absolute atomic E-state index is 11.7. The van der Waals surface area contributed by atoms with Gasteiger partial charge in [0.25, 0.3) is 0 Å². The standard InChI is InChI=1S/C13H23N3O3/c17-11-16-7-5-15(6-8-16)4-3-13(18)14-10-12-2-1-9-19-12/h11-12H,1-10H2,(H,14,18). The first kappa shape index (κ1) is 14.3. The Balaban J connectivity index is 1.54. The van der Waals surface area contributed by atoms with Crippen LogP contribution in [0.4, 0.5) is 0 Å². The summed E-state index contributed by atoms with van der Waals surface area (Å²) < 4.78 is 5.46. The quantitative estimate of drug-likeness (QED) is 0.657. The van der Waals surface area contributed by atoms with Gasteiger partial charge in [0.05, 0.1) is 6.10 Å². The predicted octanol–water partition coefficient (Wildman–Crippen LogP) is -0.554. The van der Waals surface area contributed by atoms with Crippen LogP contribution in [-0.2, 0) is 14.3 Å². The Hall–Kier alpha value is -1.14. The molecule has 1 unspecified atom stereocenters. The number of carbonyl (C=O) groups excluding carboxylic acids is 2. The molecule has 2 heterocycles. The molecule has 0 aromatic heterocycles. The third-order valence-electron chi connectivity index (χ3n) is 3.76. The lowest BCUT2D eigenvalue weighted by Crippen LogP contribution is -2.46. The van der Waals surface area contributed by atoms with Gasteiger partial charge in [-0.25, -0.2) is 0 Å². The molecule has 2 fully saturated rings. The summed E-state index contributed by atoms with van der Waals surface area (Å²) in [6.45, 7) is 5.47. The molecule has 0 radical (unpaired) electrons. The smallest absolute Gasteiger partial charge is 0.221 e. The van der Waals surface area contributed by atoms with Crippen LogP contribution < -0.4 is 5.32 Å². The number of hydrogen-bond acceptors (Lipinski definition) is 4.